The van der Waals surface area contributed by atoms with E-state index in [1.165, 1.54) is 16.4 Å². The van der Waals surface area contributed by atoms with E-state index in [-0.39, 0.29) is 18.3 Å². The van der Waals surface area contributed by atoms with E-state index in [0.717, 1.165) is 16.7 Å². The van der Waals surface area contributed by atoms with Gasteiger partial charge in [0.2, 0.25) is 10.0 Å². The molecule has 1 aliphatic heterocycles. The number of benzene rings is 2. The molecule has 3 nitrogen and oxygen atoms in total. The van der Waals surface area contributed by atoms with Crippen LogP contribution >= 0.6 is 0 Å². The minimum absolute atomic E-state index is 0.0649. The summed E-state index contributed by atoms with van der Waals surface area (Å²) in [7, 11) is -3.51. The Balaban J connectivity index is 1.78. The highest BCUT2D eigenvalue weighted by Gasteiger charge is 2.31. The van der Waals surface area contributed by atoms with Crippen LogP contribution in [0.4, 0.5) is 4.39 Å². The molecule has 24 heavy (non-hydrogen) atoms. The maximum absolute atomic E-state index is 13.1. The molecule has 0 aromatic heterocycles. The highest BCUT2D eigenvalue weighted by molar-refractivity contribution is 7.89. The second-order valence-corrected chi connectivity index (χ2v) is 8.14. The summed E-state index contributed by atoms with van der Waals surface area (Å²) in [6.07, 6.45) is 0.648. The highest BCUT2D eigenvalue weighted by atomic mass is 32.2. The molecule has 0 bridgehead atoms. The van der Waals surface area contributed by atoms with Gasteiger partial charge in [0.05, 0.1) is 4.90 Å². The summed E-state index contributed by atoms with van der Waals surface area (Å²) >= 11 is 0. The second kappa shape index (κ2) is 6.49. The molecule has 3 rings (SSSR count). The third-order valence-electron chi connectivity index (χ3n) is 4.47. The molecule has 2 aromatic rings. The van der Waals surface area contributed by atoms with Crippen molar-refractivity contribution in [3.63, 3.8) is 0 Å². The van der Waals surface area contributed by atoms with E-state index >= 15 is 0 Å². The van der Waals surface area contributed by atoms with Crippen LogP contribution in [0.25, 0.3) is 0 Å². The first-order valence-corrected chi connectivity index (χ1v) is 9.32. The summed E-state index contributed by atoms with van der Waals surface area (Å²) in [4.78, 5) is 0.307. The van der Waals surface area contributed by atoms with Crippen LogP contribution in [0.2, 0.25) is 0 Å². The molecule has 0 aliphatic carbocycles. The molecule has 0 N–H and O–H groups in total. The Morgan fingerprint density at radius 2 is 1.71 bits per heavy atom. The van der Waals surface area contributed by atoms with Gasteiger partial charge < -0.3 is 0 Å². The van der Waals surface area contributed by atoms with E-state index in [1.807, 2.05) is 6.92 Å². The van der Waals surface area contributed by atoms with Gasteiger partial charge in [-0.2, -0.15) is 4.31 Å². The Morgan fingerprint density at radius 1 is 1.08 bits per heavy atom. The lowest BCUT2D eigenvalue weighted by atomic mass is 9.87. The monoisotopic (exact) mass is 345 g/mol. The molecule has 1 saturated heterocycles. The van der Waals surface area contributed by atoms with Gasteiger partial charge >= 0.3 is 0 Å². The molecule has 2 aromatic carbocycles. The molecular weight excluding hydrogens is 325 g/mol. The van der Waals surface area contributed by atoms with Crippen molar-refractivity contribution in [3.8, 4) is 0 Å². The van der Waals surface area contributed by atoms with Gasteiger partial charge in [-0.25, -0.2) is 12.8 Å². The van der Waals surface area contributed by atoms with E-state index < -0.39 is 10.0 Å². The largest absolute Gasteiger partial charge is 0.243 e. The fourth-order valence-corrected chi connectivity index (χ4v) is 4.51. The Labute approximate surface area is 142 Å². The van der Waals surface area contributed by atoms with Crippen molar-refractivity contribution < 1.29 is 12.8 Å². The summed E-state index contributed by atoms with van der Waals surface area (Å²) in [6, 6.07) is 13.2. The maximum Gasteiger partial charge on any atom is 0.243 e. The van der Waals surface area contributed by atoms with E-state index in [1.54, 1.807) is 36.4 Å². The van der Waals surface area contributed by atoms with Crippen molar-refractivity contribution >= 4 is 10.0 Å². The Hall–Kier alpha value is -1.98. The number of piperidine rings is 1. The normalized spacial score (nSPS) is 19.4. The molecule has 1 atom stereocenters. The molecule has 0 saturated carbocycles. The van der Waals surface area contributed by atoms with E-state index in [9.17, 15) is 12.8 Å². The average molecular weight is 345 g/mol. The molecule has 1 heterocycles. The van der Waals surface area contributed by atoms with E-state index in [0.29, 0.717) is 17.9 Å². The topological polar surface area (TPSA) is 37.4 Å². The predicted octanol–water partition coefficient (Wildman–Crippen LogP) is 3.87. The molecule has 0 radical (unpaired) electrons. The lowest BCUT2D eigenvalue weighted by Gasteiger charge is -2.33. The number of aryl methyl sites for hydroxylation is 1. The number of sulfonamides is 1. The smallest absolute Gasteiger partial charge is 0.207 e. The van der Waals surface area contributed by atoms with Crippen molar-refractivity contribution in [1.29, 1.82) is 0 Å². The predicted molar refractivity (Wildman–Crippen MR) is 92.8 cm³/mol. The van der Waals surface area contributed by atoms with E-state index in [2.05, 4.69) is 6.58 Å². The van der Waals surface area contributed by atoms with Gasteiger partial charge in [-0.15, -0.1) is 0 Å². The third kappa shape index (κ3) is 3.28. The summed E-state index contributed by atoms with van der Waals surface area (Å²) in [5.41, 5.74) is 2.84. The molecular formula is C19H20FNO2S. The third-order valence-corrected chi connectivity index (χ3v) is 6.33. The first-order chi connectivity index (χ1) is 11.4. The van der Waals surface area contributed by atoms with Crippen LogP contribution in [-0.2, 0) is 10.0 Å². The highest BCUT2D eigenvalue weighted by Crippen LogP contribution is 2.33. The van der Waals surface area contributed by atoms with Crippen molar-refractivity contribution in [2.75, 3.05) is 13.1 Å². The Morgan fingerprint density at radius 3 is 2.29 bits per heavy atom. The van der Waals surface area contributed by atoms with Crippen LogP contribution in [0.5, 0.6) is 0 Å². The summed E-state index contributed by atoms with van der Waals surface area (Å²) in [5.74, 6) is -0.209. The number of hydrogen-bond acceptors (Lipinski definition) is 2. The minimum atomic E-state index is -3.51. The average Bonchev–Trinajstić information content (AvgIpc) is 2.56. The standard InChI is InChI=1S/C19H20FNO2S/c1-14-3-9-18(10-4-14)24(22,23)21-12-11-19(15(2)13-21)16-5-7-17(20)8-6-16/h3-10,19H,2,11-13H2,1H3/t19-/m0/s1. The zero-order chi connectivity index (χ0) is 17.3. The van der Waals surface area contributed by atoms with Crippen LogP contribution in [0.3, 0.4) is 0 Å². The lowest BCUT2D eigenvalue weighted by molar-refractivity contribution is 0.376. The first-order valence-electron chi connectivity index (χ1n) is 7.88. The molecule has 1 aliphatic rings. The van der Waals surface area contributed by atoms with Gasteiger partial charge in [0.25, 0.3) is 0 Å². The van der Waals surface area contributed by atoms with Gasteiger partial charge in [0, 0.05) is 19.0 Å². The van der Waals surface area contributed by atoms with Gasteiger partial charge in [-0.05, 0) is 43.2 Å². The fraction of sp³-hybridized carbons (Fsp3) is 0.263. The maximum atomic E-state index is 13.1. The van der Waals surface area contributed by atoms with Gasteiger partial charge in [0.15, 0.2) is 0 Å². The molecule has 0 unspecified atom stereocenters. The quantitative estimate of drug-likeness (QED) is 0.792. The van der Waals surface area contributed by atoms with Crippen molar-refractivity contribution in [2.45, 2.75) is 24.2 Å². The van der Waals surface area contributed by atoms with Crippen LogP contribution < -0.4 is 0 Å². The molecule has 1 fully saturated rings. The number of hydrogen-bond donors (Lipinski definition) is 0. The van der Waals surface area contributed by atoms with Crippen molar-refractivity contribution in [1.82, 2.24) is 4.31 Å². The van der Waals surface area contributed by atoms with Crippen molar-refractivity contribution in [3.05, 3.63) is 77.6 Å². The fourth-order valence-electron chi connectivity index (χ4n) is 3.05. The van der Waals surface area contributed by atoms with Crippen LogP contribution in [0.1, 0.15) is 23.5 Å². The second-order valence-electron chi connectivity index (χ2n) is 6.20. The molecule has 0 spiro atoms. The van der Waals surface area contributed by atoms with Crippen LogP contribution in [0, 0.1) is 12.7 Å². The number of rotatable bonds is 3. The van der Waals surface area contributed by atoms with Crippen LogP contribution in [-0.4, -0.2) is 25.8 Å². The molecule has 126 valence electrons. The number of nitrogens with zero attached hydrogens (tertiary/aromatic N) is 1. The molecule has 0 amide bonds. The summed E-state index contributed by atoms with van der Waals surface area (Å²) in [6.45, 7) is 6.71. The zero-order valence-electron chi connectivity index (χ0n) is 13.6. The van der Waals surface area contributed by atoms with Gasteiger partial charge in [0.1, 0.15) is 5.82 Å². The Bertz CT molecular complexity index is 842. The first kappa shape index (κ1) is 16.9. The molecule has 5 heteroatoms. The Kier molecular flexibility index (Phi) is 4.56. The van der Waals surface area contributed by atoms with E-state index in [4.69, 9.17) is 0 Å². The minimum Gasteiger partial charge on any atom is -0.207 e. The summed E-state index contributed by atoms with van der Waals surface area (Å²) < 4.78 is 40.1. The summed E-state index contributed by atoms with van der Waals surface area (Å²) in [5, 5.41) is 0. The van der Waals surface area contributed by atoms with Gasteiger partial charge in [-0.1, -0.05) is 42.0 Å². The zero-order valence-corrected chi connectivity index (χ0v) is 14.4. The van der Waals surface area contributed by atoms with Gasteiger partial charge in [-0.3, -0.25) is 0 Å². The SMILES string of the molecule is C=C1CN(S(=O)(=O)c2ccc(C)cc2)CC[C@@H]1c1ccc(F)cc1. The lowest BCUT2D eigenvalue weighted by Crippen LogP contribution is -2.39. The van der Waals surface area contributed by atoms with Crippen molar-refractivity contribution in [2.24, 2.45) is 0 Å². The van der Waals surface area contributed by atoms with Crippen LogP contribution in [0.15, 0.2) is 65.6 Å². The number of halogens is 1.